The average molecular weight is 361 g/mol. The second-order valence-corrected chi connectivity index (χ2v) is 7.12. The van der Waals surface area contributed by atoms with Gasteiger partial charge in [0.25, 0.3) is 0 Å². The number of fused-ring (bicyclic) bond motifs is 3. The summed E-state index contributed by atoms with van der Waals surface area (Å²) in [7, 11) is 0. The van der Waals surface area contributed by atoms with Crippen LogP contribution in [-0.4, -0.2) is 0 Å². The molecule has 0 spiro atoms. The molecule has 0 unspecified atom stereocenters. The van der Waals surface area contributed by atoms with Gasteiger partial charge < -0.3 is 5.73 Å². The molecular weight excluding hydrogens is 342 g/mol. The first-order valence-electron chi connectivity index (χ1n) is 9.28. The first-order valence-corrected chi connectivity index (χ1v) is 9.28. The highest BCUT2D eigenvalue weighted by molar-refractivity contribution is 5.86. The minimum absolute atomic E-state index is 0.429. The summed E-state index contributed by atoms with van der Waals surface area (Å²) in [6.07, 6.45) is 0. The van der Waals surface area contributed by atoms with Crippen LogP contribution in [0.15, 0.2) is 102 Å². The Morgan fingerprint density at radius 3 is 1.57 bits per heavy atom. The Morgan fingerprint density at radius 2 is 1.07 bits per heavy atom. The lowest BCUT2D eigenvalue weighted by Crippen LogP contribution is -2.28. The Balaban J connectivity index is 1.92. The van der Waals surface area contributed by atoms with Gasteiger partial charge >= 0.3 is 0 Å². The zero-order valence-electron chi connectivity index (χ0n) is 15.3. The highest BCUT2D eigenvalue weighted by atomic mass is 15.0. The van der Waals surface area contributed by atoms with Gasteiger partial charge in [0.1, 0.15) is 0 Å². The van der Waals surface area contributed by atoms with E-state index in [0.29, 0.717) is 5.69 Å². The van der Waals surface area contributed by atoms with E-state index in [9.17, 15) is 0 Å². The highest BCUT2D eigenvalue weighted by Gasteiger charge is 2.45. The third kappa shape index (κ3) is 2.16. The number of nitrogens with two attached hydrogens (primary N) is 1. The van der Waals surface area contributed by atoms with Gasteiger partial charge in [-0.3, -0.25) is 0 Å². The van der Waals surface area contributed by atoms with Gasteiger partial charge in [0.15, 0.2) is 0 Å². The van der Waals surface area contributed by atoms with Gasteiger partial charge in [0.05, 0.1) is 11.1 Å². The van der Waals surface area contributed by atoms with E-state index in [0.717, 1.165) is 11.3 Å². The van der Waals surface area contributed by atoms with Crippen molar-refractivity contribution in [3.05, 3.63) is 119 Å². The van der Waals surface area contributed by atoms with Gasteiger partial charge in [-0.15, -0.1) is 0 Å². The summed E-state index contributed by atoms with van der Waals surface area (Å²) >= 11 is 0. The van der Waals surface area contributed by atoms with Crippen LogP contribution in [0.2, 0.25) is 0 Å². The van der Waals surface area contributed by atoms with Crippen molar-refractivity contribution in [2.45, 2.75) is 5.41 Å². The number of benzene rings is 4. The molecule has 0 radical (unpaired) electrons. The molecule has 0 atom stereocenters. The van der Waals surface area contributed by atoms with Crippen LogP contribution in [0, 0.1) is 5.53 Å². The summed E-state index contributed by atoms with van der Waals surface area (Å²) in [6.45, 7) is 0. The smallest absolute Gasteiger partial charge is 0.0850 e. The van der Waals surface area contributed by atoms with Crippen molar-refractivity contribution in [2.75, 3.05) is 5.73 Å². The second-order valence-electron chi connectivity index (χ2n) is 7.12. The van der Waals surface area contributed by atoms with Crippen molar-refractivity contribution in [2.24, 2.45) is 5.11 Å². The third-order valence-electron chi connectivity index (χ3n) is 5.73. The molecule has 3 nitrogen and oxygen atoms in total. The average Bonchev–Trinajstić information content (AvgIpc) is 3.06. The molecule has 134 valence electrons. The first kappa shape index (κ1) is 16.5. The van der Waals surface area contributed by atoms with Crippen molar-refractivity contribution in [3.8, 4) is 11.1 Å². The Hall–Kier alpha value is -3.72. The van der Waals surface area contributed by atoms with Crippen molar-refractivity contribution < 1.29 is 0 Å². The van der Waals surface area contributed by atoms with Crippen LogP contribution < -0.4 is 5.73 Å². The Kier molecular flexibility index (Phi) is 3.63. The lowest BCUT2D eigenvalue weighted by atomic mass is 9.67. The number of hydrogen-bond donors (Lipinski definition) is 2. The fourth-order valence-corrected chi connectivity index (χ4v) is 4.54. The largest absolute Gasteiger partial charge is 0.399 e. The molecule has 1 aliphatic carbocycles. The van der Waals surface area contributed by atoms with Gasteiger partial charge in [-0.1, -0.05) is 72.8 Å². The van der Waals surface area contributed by atoms with E-state index in [4.69, 9.17) is 11.3 Å². The highest BCUT2D eigenvalue weighted by Crippen LogP contribution is 2.56. The van der Waals surface area contributed by atoms with Crippen molar-refractivity contribution >= 4 is 11.4 Å². The molecule has 0 aromatic heterocycles. The van der Waals surface area contributed by atoms with Gasteiger partial charge in [-0.2, -0.15) is 5.11 Å². The number of anilines is 1. The molecule has 0 bridgehead atoms. The molecule has 0 heterocycles. The summed E-state index contributed by atoms with van der Waals surface area (Å²) < 4.78 is 0. The number of nitrogens with zero attached hydrogens (tertiary/aromatic N) is 1. The van der Waals surface area contributed by atoms with Crippen LogP contribution in [0.5, 0.6) is 0 Å². The molecule has 1 aliphatic rings. The maximum atomic E-state index is 7.31. The van der Waals surface area contributed by atoms with Crippen molar-refractivity contribution in [1.29, 1.82) is 5.53 Å². The first-order chi connectivity index (χ1) is 13.7. The van der Waals surface area contributed by atoms with Crippen LogP contribution in [-0.2, 0) is 5.41 Å². The molecule has 3 heteroatoms. The van der Waals surface area contributed by atoms with Crippen molar-refractivity contribution in [3.63, 3.8) is 0 Å². The maximum Gasteiger partial charge on any atom is 0.0850 e. The zero-order chi connectivity index (χ0) is 19.1. The standard InChI is InChI=1S/C25H19N3/c26-19-13-9-17(10-14-19)25(18-11-15-20(28-27)16-12-18)23-7-3-1-5-21(23)22-6-2-4-8-24(22)25/h1-16,27H,26H2. The predicted molar refractivity (Wildman–Crippen MR) is 113 cm³/mol. The lowest BCUT2D eigenvalue weighted by molar-refractivity contribution is 0.768. The fourth-order valence-electron chi connectivity index (χ4n) is 4.54. The maximum absolute atomic E-state index is 7.31. The monoisotopic (exact) mass is 361 g/mol. The molecule has 4 aromatic carbocycles. The summed E-state index contributed by atoms with van der Waals surface area (Å²) in [5.41, 5.74) is 21.6. The fraction of sp³-hybridized carbons (Fsp3) is 0.0400. The van der Waals surface area contributed by atoms with E-state index in [1.54, 1.807) is 0 Å². The molecule has 28 heavy (non-hydrogen) atoms. The summed E-state index contributed by atoms with van der Waals surface area (Å²) in [5.74, 6) is 0. The van der Waals surface area contributed by atoms with E-state index in [2.05, 4.69) is 77.9 Å². The minimum Gasteiger partial charge on any atom is -0.399 e. The van der Waals surface area contributed by atoms with E-state index < -0.39 is 5.41 Å². The lowest BCUT2D eigenvalue weighted by Gasteiger charge is -2.34. The Morgan fingerprint density at radius 1 is 0.607 bits per heavy atom. The second kappa shape index (κ2) is 6.17. The molecule has 0 saturated heterocycles. The molecule has 0 amide bonds. The number of nitrogen functional groups attached to an aromatic ring is 1. The quantitative estimate of drug-likeness (QED) is 0.288. The molecule has 0 fully saturated rings. The Labute approximate surface area is 164 Å². The van der Waals surface area contributed by atoms with Gasteiger partial charge in [-0.05, 0) is 57.6 Å². The van der Waals surface area contributed by atoms with Crippen LogP contribution in [0.25, 0.3) is 11.1 Å². The van der Waals surface area contributed by atoms with Crippen LogP contribution >= 0.6 is 0 Å². The molecule has 5 rings (SSSR count). The van der Waals surface area contributed by atoms with Crippen LogP contribution in [0.1, 0.15) is 22.3 Å². The summed E-state index contributed by atoms with van der Waals surface area (Å²) in [5, 5.41) is 3.57. The number of rotatable bonds is 3. The van der Waals surface area contributed by atoms with Gasteiger partial charge in [0, 0.05) is 5.69 Å². The van der Waals surface area contributed by atoms with E-state index >= 15 is 0 Å². The normalized spacial score (nSPS) is 13.6. The van der Waals surface area contributed by atoms with Crippen LogP contribution in [0.4, 0.5) is 11.4 Å². The number of hydrogen-bond acceptors (Lipinski definition) is 3. The SMILES string of the molecule is N=Nc1ccc(C2(c3ccc(N)cc3)c3ccccc3-c3ccccc32)cc1. The van der Waals surface area contributed by atoms with E-state index in [-0.39, 0.29) is 0 Å². The Bertz CT molecular complexity index is 1130. The van der Waals surface area contributed by atoms with Gasteiger partial charge in [0.2, 0.25) is 0 Å². The molecule has 0 saturated carbocycles. The molecule has 0 aliphatic heterocycles. The number of nitrogens with one attached hydrogen (secondary N) is 1. The molecule has 4 aromatic rings. The van der Waals surface area contributed by atoms with E-state index in [1.807, 2.05) is 24.3 Å². The van der Waals surface area contributed by atoms with Crippen LogP contribution in [0.3, 0.4) is 0 Å². The third-order valence-corrected chi connectivity index (χ3v) is 5.73. The minimum atomic E-state index is -0.429. The zero-order valence-corrected chi connectivity index (χ0v) is 15.3. The van der Waals surface area contributed by atoms with Crippen molar-refractivity contribution in [1.82, 2.24) is 0 Å². The molecule has 3 N–H and O–H groups in total. The summed E-state index contributed by atoms with van der Waals surface area (Å²) in [6, 6.07) is 33.4. The molecular formula is C25H19N3. The van der Waals surface area contributed by atoms with E-state index in [1.165, 1.54) is 27.8 Å². The topological polar surface area (TPSA) is 62.2 Å². The van der Waals surface area contributed by atoms with Gasteiger partial charge in [-0.25, -0.2) is 5.53 Å². The summed E-state index contributed by atoms with van der Waals surface area (Å²) in [4.78, 5) is 0. The predicted octanol–water partition coefficient (Wildman–Crippen LogP) is 6.29.